The highest BCUT2D eigenvalue weighted by molar-refractivity contribution is 5.96. The summed E-state index contributed by atoms with van der Waals surface area (Å²) < 4.78 is 0. The Hall–Kier alpha value is -1.35. The molecule has 1 aliphatic rings. The van der Waals surface area contributed by atoms with E-state index in [-0.39, 0.29) is 5.91 Å². The molecule has 3 heteroatoms. The molecule has 19 heavy (non-hydrogen) atoms. The number of nitrogens with one attached hydrogen (secondary N) is 1. The van der Waals surface area contributed by atoms with Gasteiger partial charge in [0.15, 0.2) is 0 Å². The average molecular weight is 260 g/mol. The molecule has 0 radical (unpaired) electrons. The lowest BCUT2D eigenvalue weighted by molar-refractivity contribution is 0.0735. The molecular weight excluding hydrogens is 236 g/mol. The maximum Gasteiger partial charge on any atom is 0.254 e. The van der Waals surface area contributed by atoms with E-state index in [4.69, 9.17) is 0 Å². The first-order valence-electron chi connectivity index (χ1n) is 7.33. The number of nitrogens with zero attached hydrogens (tertiary/aromatic N) is 1. The van der Waals surface area contributed by atoms with Crippen LogP contribution in [-0.2, 0) is 6.42 Å². The normalized spacial score (nSPS) is 16.3. The fourth-order valence-electron chi connectivity index (χ4n) is 2.73. The predicted octanol–water partition coefficient (Wildman–Crippen LogP) is 2.46. The Kier molecular flexibility index (Phi) is 4.97. The first kappa shape index (κ1) is 14.1. The van der Waals surface area contributed by atoms with Crippen molar-refractivity contribution >= 4 is 5.91 Å². The smallest absolute Gasteiger partial charge is 0.254 e. The zero-order valence-electron chi connectivity index (χ0n) is 12.0. The average Bonchev–Trinajstić information content (AvgIpc) is 2.42. The summed E-state index contributed by atoms with van der Waals surface area (Å²) >= 11 is 0. The van der Waals surface area contributed by atoms with Crippen LogP contribution in [0.2, 0.25) is 0 Å². The summed E-state index contributed by atoms with van der Waals surface area (Å²) in [7, 11) is 0. The van der Waals surface area contributed by atoms with Crippen LogP contribution in [0.4, 0.5) is 0 Å². The summed E-state index contributed by atoms with van der Waals surface area (Å²) in [5.41, 5.74) is 2.10. The summed E-state index contributed by atoms with van der Waals surface area (Å²) in [6, 6.07) is 8.52. The minimum absolute atomic E-state index is 0.206. The van der Waals surface area contributed by atoms with E-state index in [1.54, 1.807) is 0 Å². The maximum absolute atomic E-state index is 12.3. The first-order valence-corrected chi connectivity index (χ1v) is 7.33. The topological polar surface area (TPSA) is 32.3 Å². The number of fused-ring (bicyclic) bond motifs is 1. The molecule has 3 nitrogen and oxygen atoms in total. The van der Waals surface area contributed by atoms with Crippen LogP contribution in [0.15, 0.2) is 24.3 Å². The number of rotatable bonds is 6. The molecule has 0 aromatic heterocycles. The van der Waals surface area contributed by atoms with E-state index in [1.165, 1.54) is 5.56 Å². The second-order valence-corrected chi connectivity index (χ2v) is 5.30. The standard InChI is InChI=1S/C16H24N2O/c1-3-17-13(2)7-6-11-18-12-10-14-8-4-5-9-15(14)16(18)19/h4-5,8-9,13,17H,3,6-7,10-12H2,1-2H3. The minimum atomic E-state index is 0.206. The first-order chi connectivity index (χ1) is 9.22. The molecule has 1 N–H and O–H groups in total. The molecule has 0 aliphatic carbocycles. The maximum atomic E-state index is 12.3. The summed E-state index contributed by atoms with van der Waals surface area (Å²) in [6.07, 6.45) is 3.19. The molecule has 0 fully saturated rings. The van der Waals surface area contributed by atoms with Crippen LogP contribution in [0.3, 0.4) is 0 Å². The van der Waals surface area contributed by atoms with Gasteiger partial charge in [0, 0.05) is 24.7 Å². The lowest BCUT2D eigenvalue weighted by atomic mass is 9.99. The van der Waals surface area contributed by atoms with E-state index in [1.807, 2.05) is 23.1 Å². The lowest BCUT2D eigenvalue weighted by Gasteiger charge is -2.29. The third kappa shape index (κ3) is 3.57. The molecule has 0 saturated carbocycles. The van der Waals surface area contributed by atoms with Crippen LogP contribution in [0, 0.1) is 0 Å². The largest absolute Gasteiger partial charge is 0.338 e. The molecule has 1 aliphatic heterocycles. The Bertz CT molecular complexity index is 431. The van der Waals surface area contributed by atoms with Crippen molar-refractivity contribution < 1.29 is 4.79 Å². The Balaban J connectivity index is 1.85. The van der Waals surface area contributed by atoms with Crippen molar-refractivity contribution in [3.05, 3.63) is 35.4 Å². The highest BCUT2D eigenvalue weighted by Gasteiger charge is 2.23. The fourth-order valence-corrected chi connectivity index (χ4v) is 2.73. The van der Waals surface area contributed by atoms with Crippen molar-refractivity contribution in [3.63, 3.8) is 0 Å². The van der Waals surface area contributed by atoms with E-state index < -0.39 is 0 Å². The van der Waals surface area contributed by atoms with E-state index in [9.17, 15) is 4.79 Å². The molecular formula is C16H24N2O. The van der Waals surface area contributed by atoms with Crippen LogP contribution in [0.25, 0.3) is 0 Å². The Morgan fingerprint density at radius 2 is 2.16 bits per heavy atom. The van der Waals surface area contributed by atoms with Crippen molar-refractivity contribution in [2.24, 2.45) is 0 Å². The fraction of sp³-hybridized carbons (Fsp3) is 0.562. The molecule has 1 aromatic carbocycles. The summed E-state index contributed by atoms with van der Waals surface area (Å²) in [6.45, 7) is 7.09. The third-order valence-electron chi connectivity index (χ3n) is 3.80. The number of hydrogen-bond donors (Lipinski definition) is 1. The van der Waals surface area contributed by atoms with Crippen molar-refractivity contribution in [3.8, 4) is 0 Å². The van der Waals surface area contributed by atoms with Crippen LogP contribution < -0.4 is 5.32 Å². The number of carbonyl (C=O) groups excluding carboxylic acids is 1. The molecule has 104 valence electrons. The molecule has 0 bridgehead atoms. The van der Waals surface area contributed by atoms with Crippen molar-refractivity contribution in [2.75, 3.05) is 19.6 Å². The van der Waals surface area contributed by atoms with E-state index >= 15 is 0 Å². The summed E-state index contributed by atoms with van der Waals surface area (Å²) in [5, 5.41) is 3.41. The van der Waals surface area contributed by atoms with Gasteiger partial charge in [0.2, 0.25) is 0 Å². The van der Waals surface area contributed by atoms with Gasteiger partial charge in [-0.1, -0.05) is 25.1 Å². The van der Waals surface area contributed by atoms with Crippen LogP contribution in [-0.4, -0.2) is 36.5 Å². The molecule has 1 heterocycles. The van der Waals surface area contributed by atoms with E-state index in [0.717, 1.165) is 44.5 Å². The highest BCUT2D eigenvalue weighted by Crippen LogP contribution is 2.18. The predicted molar refractivity (Wildman–Crippen MR) is 78.4 cm³/mol. The van der Waals surface area contributed by atoms with Crippen molar-refractivity contribution in [1.29, 1.82) is 0 Å². The minimum Gasteiger partial charge on any atom is -0.338 e. The van der Waals surface area contributed by atoms with Gasteiger partial charge in [0.1, 0.15) is 0 Å². The molecule has 1 unspecified atom stereocenters. The van der Waals surface area contributed by atoms with Crippen molar-refractivity contribution in [2.45, 2.75) is 39.2 Å². The molecule has 0 spiro atoms. The van der Waals surface area contributed by atoms with E-state index in [2.05, 4.69) is 25.2 Å². The SMILES string of the molecule is CCNC(C)CCCN1CCc2ccccc2C1=O. The van der Waals surface area contributed by atoms with Crippen molar-refractivity contribution in [1.82, 2.24) is 10.2 Å². The van der Waals surface area contributed by atoms with Crippen LogP contribution >= 0.6 is 0 Å². The molecule has 1 atom stereocenters. The monoisotopic (exact) mass is 260 g/mol. The Morgan fingerprint density at radius 3 is 2.95 bits per heavy atom. The third-order valence-corrected chi connectivity index (χ3v) is 3.80. The van der Waals surface area contributed by atoms with Gasteiger partial charge in [-0.25, -0.2) is 0 Å². The van der Waals surface area contributed by atoms with Gasteiger partial charge in [-0.3, -0.25) is 4.79 Å². The second-order valence-electron chi connectivity index (χ2n) is 5.30. The zero-order chi connectivity index (χ0) is 13.7. The zero-order valence-corrected chi connectivity index (χ0v) is 12.0. The van der Waals surface area contributed by atoms with Gasteiger partial charge >= 0.3 is 0 Å². The number of hydrogen-bond acceptors (Lipinski definition) is 2. The summed E-state index contributed by atoms with van der Waals surface area (Å²) in [5.74, 6) is 0.206. The van der Waals surface area contributed by atoms with Gasteiger partial charge < -0.3 is 10.2 Å². The van der Waals surface area contributed by atoms with Gasteiger partial charge in [-0.05, 0) is 44.4 Å². The molecule has 1 aromatic rings. The van der Waals surface area contributed by atoms with Crippen LogP contribution in [0.1, 0.15) is 42.6 Å². The van der Waals surface area contributed by atoms with Crippen LogP contribution in [0.5, 0.6) is 0 Å². The quantitative estimate of drug-likeness (QED) is 0.852. The van der Waals surface area contributed by atoms with E-state index in [0.29, 0.717) is 6.04 Å². The second kappa shape index (κ2) is 6.71. The molecule has 0 saturated heterocycles. The Labute approximate surface area is 116 Å². The molecule has 2 rings (SSSR count). The number of amides is 1. The summed E-state index contributed by atoms with van der Waals surface area (Å²) in [4.78, 5) is 14.3. The molecule has 1 amide bonds. The number of carbonyl (C=O) groups is 1. The highest BCUT2D eigenvalue weighted by atomic mass is 16.2. The van der Waals surface area contributed by atoms with Gasteiger partial charge in [0.25, 0.3) is 5.91 Å². The van der Waals surface area contributed by atoms with Gasteiger partial charge in [-0.15, -0.1) is 0 Å². The van der Waals surface area contributed by atoms with Gasteiger partial charge in [-0.2, -0.15) is 0 Å². The lowest BCUT2D eigenvalue weighted by Crippen LogP contribution is -2.38. The Morgan fingerprint density at radius 1 is 1.37 bits per heavy atom. The van der Waals surface area contributed by atoms with Gasteiger partial charge in [0.05, 0.1) is 0 Å². The number of benzene rings is 1.